The first-order valence-electron chi connectivity index (χ1n) is 14.2. The highest BCUT2D eigenvalue weighted by molar-refractivity contribution is 7.53. The molecule has 0 aliphatic carbocycles. The summed E-state index contributed by atoms with van der Waals surface area (Å²) in [6.07, 6.45) is 1.02. The Morgan fingerprint density at radius 2 is 1.27 bits per heavy atom. The number of ether oxygens (including phenoxy) is 3. The molecule has 0 aliphatic rings. The first kappa shape index (κ1) is 34.5. The van der Waals surface area contributed by atoms with Crippen molar-refractivity contribution in [3.63, 3.8) is 0 Å². The average Bonchev–Trinajstić information content (AvgIpc) is 3.01. The molecule has 0 heterocycles. The van der Waals surface area contributed by atoms with Crippen LogP contribution >= 0.6 is 7.60 Å². The van der Waals surface area contributed by atoms with Crippen molar-refractivity contribution < 1.29 is 42.2 Å². The minimum atomic E-state index is -3.93. The molecular formula is C34H39O9P. The van der Waals surface area contributed by atoms with Gasteiger partial charge >= 0.3 is 25.5 Å². The summed E-state index contributed by atoms with van der Waals surface area (Å²) in [6, 6.07) is 21.7. The van der Waals surface area contributed by atoms with Gasteiger partial charge in [-0.25, -0.2) is 0 Å². The quantitative estimate of drug-likeness (QED) is 0.0678. The third-order valence-electron chi connectivity index (χ3n) is 6.50. The average molecular weight is 623 g/mol. The second kappa shape index (κ2) is 17.3. The van der Waals surface area contributed by atoms with E-state index >= 15 is 0 Å². The molecule has 0 spiro atoms. The lowest BCUT2D eigenvalue weighted by molar-refractivity contribution is -0.148. The minimum absolute atomic E-state index is 0.0149. The van der Waals surface area contributed by atoms with Crippen LogP contribution in [0.25, 0.3) is 0 Å². The molecule has 2 atom stereocenters. The monoisotopic (exact) mass is 622 g/mol. The van der Waals surface area contributed by atoms with Gasteiger partial charge in [0.05, 0.1) is 25.3 Å². The van der Waals surface area contributed by atoms with Crippen LogP contribution in [-0.2, 0) is 57.3 Å². The Kier molecular flexibility index (Phi) is 13.5. The molecule has 9 nitrogen and oxygen atoms in total. The van der Waals surface area contributed by atoms with Gasteiger partial charge in [0, 0.05) is 13.3 Å². The van der Waals surface area contributed by atoms with Gasteiger partial charge in [-0.05, 0) is 49.1 Å². The molecular weight excluding hydrogens is 583 g/mol. The van der Waals surface area contributed by atoms with E-state index in [0.29, 0.717) is 11.3 Å². The molecule has 44 heavy (non-hydrogen) atoms. The Morgan fingerprint density at radius 1 is 0.773 bits per heavy atom. The predicted molar refractivity (Wildman–Crippen MR) is 166 cm³/mol. The zero-order chi connectivity index (χ0) is 32.0. The topological polar surface area (TPSA) is 114 Å². The first-order valence-corrected chi connectivity index (χ1v) is 16.0. The Balaban J connectivity index is 1.72. The molecule has 0 saturated carbocycles. The van der Waals surface area contributed by atoms with Crippen LogP contribution in [0.3, 0.4) is 0 Å². The minimum Gasteiger partial charge on any atom is -0.461 e. The highest BCUT2D eigenvalue weighted by Crippen LogP contribution is 2.52. The van der Waals surface area contributed by atoms with Gasteiger partial charge in [-0.3, -0.25) is 18.9 Å². The highest BCUT2D eigenvalue weighted by atomic mass is 31.2. The van der Waals surface area contributed by atoms with Crippen molar-refractivity contribution >= 4 is 25.5 Å². The Labute approximate surface area is 258 Å². The van der Waals surface area contributed by atoms with Gasteiger partial charge in [-0.1, -0.05) is 84.4 Å². The van der Waals surface area contributed by atoms with E-state index in [2.05, 4.69) is 6.58 Å². The van der Waals surface area contributed by atoms with Gasteiger partial charge in [0.15, 0.2) is 0 Å². The molecule has 0 radical (unpaired) electrons. The summed E-state index contributed by atoms with van der Waals surface area (Å²) >= 11 is 0. The number of esters is 3. The van der Waals surface area contributed by atoms with Crippen molar-refractivity contribution in [3.8, 4) is 5.75 Å². The number of carbonyl (C=O) groups excluding carboxylic acids is 3. The van der Waals surface area contributed by atoms with Gasteiger partial charge in [0.25, 0.3) is 0 Å². The Morgan fingerprint density at radius 3 is 1.77 bits per heavy atom. The van der Waals surface area contributed by atoms with E-state index in [1.807, 2.05) is 62.4 Å². The summed E-state index contributed by atoms with van der Waals surface area (Å²) in [4.78, 5) is 36.8. The highest BCUT2D eigenvalue weighted by Gasteiger charge is 2.34. The Bertz CT molecular complexity index is 1430. The number of benzene rings is 3. The number of aryl methyl sites for hydroxylation is 2. The molecule has 0 amide bonds. The van der Waals surface area contributed by atoms with E-state index in [1.54, 1.807) is 24.3 Å². The van der Waals surface area contributed by atoms with E-state index in [9.17, 15) is 18.9 Å². The maximum Gasteiger partial charge on any atom is 0.332 e. The van der Waals surface area contributed by atoms with Crippen molar-refractivity contribution in [2.24, 2.45) is 5.92 Å². The van der Waals surface area contributed by atoms with Gasteiger partial charge in [0.1, 0.15) is 19.0 Å². The number of carbonyl (C=O) groups is 3. The van der Waals surface area contributed by atoms with Crippen LogP contribution < -0.4 is 4.74 Å². The zero-order valence-electron chi connectivity index (χ0n) is 25.4. The molecule has 0 aliphatic heterocycles. The molecule has 0 bridgehead atoms. The fraction of sp³-hybridized carbons (Fsp3) is 0.324. The van der Waals surface area contributed by atoms with Crippen LogP contribution in [0.1, 0.15) is 47.6 Å². The van der Waals surface area contributed by atoms with Crippen molar-refractivity contribution in [3.05, 3.63) is 113 Å². The summed E-state index contributed by atoms with van der Waals surface area (Å²) in [5, 5.41) is 0. The lowest BCUT2D eigenvalue weighted by Gasteiger charge is -2.23. The maximum atomic E-state index is 14.2. The smallest absolute Gasteiger partial charge is 0.332 e. The van der Waals surface area contributed by atoms with E-state index in [4.69, 9.17) is 23.3 Å². The number of rotatable bonds is 17. The van der Waals surface area contributed by atoms with Crippen molar-refractivity contribution in [2.75, 3.05) is 12.8 Å². The Hall–Kier alpha value is -4.04. The molecule has 0 aromatic heterocycles. The molecule has 3 aromatic carbocycles. The molecule has 0 N–H and O–H groups in total. The van der Waals surface area contributed by atoms with Crippen molar-refractivity contribution in [2.45, 2.75) is 53.4 Å². The molecule has 0 saturated heterocycles. The van der Waals surface area contributed by atoms with Crippen molar-refractivity contribution in [1.82, 2.24) is 0 Å². The lowest BCUT2D eigenvalue weighted by atomic mass is 10.1. The molecule has 3 rings (SSSR count). The fourth-order valence-corrected chi connectivity index (χ4v) is 5.87. The van der Waals surface area contributed by atoms with E-state index in [-0.39, 0.29) is 45.4 Å². The first-order chi connectivity index (χ1) is 21.0. The second-order valence-electron chi connectivity index (χ2n) is 10.4. The maximum absolute atomic E-state index is 14.2. The van der Waals surface area contributed by atoms with Crippen LogP contribution in [0.4, 0.5) is 0 Å². The van der Waals surface area contributed by atoms with Crippen LogP contribution in [0.2, 0.25) is 0 Å². The summed E-state index contributed by atoms with van der Waals surface area (Å²) in [6.45, 7) is 8.74. The summed E-state index contributed by atoms with van der Waals surface area (Å²) in [5.41, 5.74) is 4.41. The van der Waals surface area contributed by atoms with Crippen LogP contribution in [0.5, 0.6) is 5.75 Å². The largest absolute Gasteiger partial charge is 0.461 e. The fourth-order valence-electron chi connectivity index (χ4n) is 4.02. The summed E-state index contributed by atoms with van der Waals surface area (Å²) in [5.74, 6) is -2.21. The van der Waals surface area contributed by atoms with Crippen molar-refractivity contribution in [1.29, 1.82) is 0 Å². The molecule has 10 heteroatoms. The molecule has 0 fully saturated rings. The third kappa shape index (κ3) is 12.3. The third-order valence-corrected chi connectivity index (χ3v) is 8.43. The SMILES string of the molecule is C=CCOC(=O)C(CCC(=O)OCc1ccc(C)cc1)CP(=O)(OCc1ccc(C)cc1)OCc1ccc(OC(C)=O)cc1. The molecule has 234 valence electrons. The van der Waals surface area contributed by atoms with E-state index in [1.165, 1.54) is 13.0 Å². The number of hydrogen-bond donors (Lipinski definition) is 0. The lowest BCUT2D eigenvalue weighted by Crippen LogP contribution is -2.24. The van der Waals surface area contributed by atoms with Gasteiger partial charge < -0.3 is 23.3 Å². The molecule has 2 unspecified atom stereocenters. The van der Waals surface area contributed by atoms with Crippen LogP contribution in [0.15, 0.2) is 85.5 Å². The summed E-state index contributed by atoms with van der Waals surface area (Å²) in [7, 11) is -3.93. The van der Waals surface area contributed by atoms with Gasteiger partial charge in [-0.15, -0.1) is 0 Å². The molecule has 3 aromatic rings. The van der Waals surface area contributed by atoms with E-state index in [0.717, 1.165) is 22.3 Å². The van der Waals surface area contributed by atoms with Crippen LogP contribution in [-0.4, -0.2) is 30.7 Å². The summed E-state index contributed by atoms with van der Waals surface area (Å²) < 4.78 is 41.6. The number of hydrogen-bond acceptors (Lipinski definition) is 9. The van der Waals surface area contributed by atoms with Gasteiger partial charge in [-0.2, -0.15) is 0 Å². The normalized spacial score (nSPS) is 12.9. The van der Waals surface area contributed by atoms with E-state index < -0.39 is 31.4 Å². The zero-order valence-corrected chi connectivity index (χ0v) is 26.3. The van der Waals surface area contributed by atoms with Gasteiger partial charge in [0.2, 0.25) is 0 Å². The standard InChI is InChI=1S/C34H39O9P/c1-5-20-39-34(37)31(16-19-33(36)40-21-28-10-6-25(2)7-11-28)24-44(38,41-22-29-12-8-26(3)9-13-29)42-23-30-14-17-32(18-15-30)43-27(4)35/h5-15,17-18,31H,1,16,19-24H2,2-4H3. The second-order valence-corrected chi connectivity index (χ2v) is 12.5. The predicted octanol–water partition coefficient (Wildman–Crippen LogP) is 7.02. The van der Waals surface area contributed by atoms with Crippen LogP contribution in [0, 0.1) is 19.8 Å².